The molecule has 0 saturated heterocycles. The molecule has 0 radical (unpaired) electrons. The van der Waals surface area contributed by atoms with Crippen LogP contribution in [-0.4, -0.2) is 21.5 Å². The maximum atomic E-state index is 9.12. The zero-order valence-corrected chi connectivity index (χ0v) is 10.5. The van der Waals surface area contributed by atoms with E-state index < -0.39 is 0 Å². The van der Waals surface area contributed by atoms with Gasteiger partial charge in [-0.2, -0.15) is 5.26 Å². The molecule has 2 N–H and O–H groups in total. The van der Waals surface area contributed by atoms with E-state index in [1.54, 1.807) is 12.4 Å². The summed E-state index contributed by atoms with van der Waals surface area (Å²) in [5.41, 5.74) is 3.12. The summed E-state index contributed by atoms with van der Waals surface area (Å²) in [7, 11) is 0. The van der Waals surface area contributed by atoms with Crippen LogP contribution in [-0.2, 0) is 6.42 Å². The molecule has 0 bridgehead atoms. The highest BCUT2D eigenvalue weighted by molar-refractivity contribution is 5.59. The molecule has 0 aromatic carbocycles. The van der Waals surface area contributed by atoms with E-state index in [1.807, 2.05) is 19.9 Å². The lowest BCUT2D eigenvalue weighted by Gasteiger charge is -2.10. The van der Waals surface area contributed by atoms with E-state index in [0.717, 1.165) is 35.9 Å². The number of hydrogen-bond donors (Lipinski definition) is 2. The first-order valence-electron chi connectivity index (χ1n) is 5.81. The van der Waals surface area contributed by atoms with Gasteiger partial charge in [-0.15, -0.1) is 0 Å². The van der Waals surface area contributed by atoms with E-state index >= 15 is 0 Å². The lowest BCUT2D eigenvalue weighted by atomic mass is 10.1. The fourth-order valence-electron chi connectivity index (χ4n) is 1.86. The number of aromatic amines is 1. The van der Waals surface area contributed by atoms with Gasteiger partial charge in [0, 0.05) is 31.1 Å². The molecule has 2 rings (SSSR count). The SMILES string of the molecule is Cc1cc(NCCc2ncc[nH]2)c(C#N)c(C)n1. The molecule has 0 amide bonds. The Morgan fingerprint density at radius 1 is 1.44 bits per heavy atom. The molecular formula is C13H15N5. The number of imidazole rings is 1. The molecule has 2 heterocycles. The van der Waals surface area contributed by atoms with Crippen molar-refractivity contribution in [2.45, 2.75) is 20.3 Å². The van der Waals surface area contributed by atoms with Crippen LogP contribution in [0.3, 0.4) is 0 Å². The lowest BCUT2D eigenvalue weighted by molar-refractivity contribution is 0.925. The summed E-state index contributed by atoms with van der Waals surface area (Å²) in [5, 5.41) is 12.4. The highest BCUT2D eigenvalue weighted by Gasteiger charge is 2.07. The van der Waals surface area contributed by atoms with Gasteiger partial charge in [0.2, 0.25) is 0 Å². The molecule has 0 atom stereocenters. The van der Waals surface area contributed by atoms with Crippen LogP contribution in [0.25, 0.3) is 0 Å². The van der Waals surface area contributed by atoms with E-state index in [2.05, 4.69) is 26.3 Å². The van der Waals surface area contributed by atoms with E-state index in [-0.39, 0.29) is 0 Å². The average Bonchev–Trinajstić information content (AvgIpc) is 2.81. The van der Waals surface area contributed by atoms with Crippen molar-refractivity contribution in [3.63, 3.8) is 0 Å². The molecule has 0 aliphatic heterocycles. The van der Waals surface area contributed by atoms with E-state index in [1.165, 1.54) is 0 Å². The van der Waals surface area contributed by atoms with Crippen LogP contribution >= 0.6 is 0 Å². The second kappa shape index (κ2) is 5.32. The van der Waals surface area contributed by atoms with Crippen molar-refractivity contribution in [2.24, 2.45) is 0 Å². The smallest absolute Gasteiger partial charge is 0.107 e. The number of aromatic nitrogens is 3. The minimum atomic E-state index is 0.611. The predicted octanol–water partition coefficient (Wildman–Crippen LogP) is 1.95. The third-order valence-electron chi connectivity index (χ3n) is 2.67. The quantitative estimate of drug-likeness (QED) is 0.857. The molecule has 0 fully saturated rings. The molecule has 18 heavy (non-hydrogen) atoms. The van der Waals surface area contributed by atoms with Crippen LogP contribution in [0.15, 0.2) is 18.5 Å². The molecule has 0 spiro atoms. The summed E-state index contributed by atoms with van der Waals surface area (Å²) in [6.07, 6.45) is 4.33. The Hall–Kier alpha value is -2.35. The molecule has 0 aliphatic rings. The number of aryl methyl sites for hydroxylation is 2. The van der Waals surface area contributed by atoms with Crippen molar-refractivity contribution in [3.8, 4) is 6.07 Å². The lowest BCUT2D eigenvalue weighted by Crippen LogP contribution is -2.09. The Labute approximate surface area is 106 Å². The normalized spacial score (nSPS) is 10.1. The Morgan fingerprint density at radius 3 is 2.94 bits per heavy atom. The van der Waals surface area contributed by atoms with Crippen LogP contribution < -0.4 is 5.32 Å². The fourth-order valence-corrected chi connectivity index (χ4v) is 1.86. The average molecular weight is 241 g/mol. The molecule has 0 saturated carbocycles. The number of nitrogens with one attached hydrogen (secondary N) is 2. The van der Waals surface area contributed by atoms with E-state index in [9.17, 15) is 0 Å². The van der Waals surface area contributed by atoms with Crippen molar-refractivity contribution >= 4 is 5.69 Å². The molecule has 0 unspecified atom stereocenters. The van der Waals surface area contributed by atoms with Gasteiger partial charge in [-0.05, 0) is 19.9 Å². The van der Waals surface area contributed by atoms with Crippen LogP contribution in [0, 0.1) is 25.2 Å². The van der Waals surface area contributed by atoms with Crippen molar-refractivity contribution in [1.29, 1.82) is 5.26 Å². The summed E-state index contributed by atoms with van der Waals surface area (Å²) in [4.78, 5) is 11.5. The zero-order chi connectivity index (χ0) is 13.0. The largest absolute Gasteiger partial charge is 0.383 e. The minimum Gasteiger partial charge on any atom is -0.383 e. The first-order chi connectivity index (χ1) is 8.70. The van der Waals surface area contributed by atoms with Crippen LogP contribution in [0.4, 0.5) is 5.69 Å². The first kappa shape index (κ1) is 12.1. The van der Waals surface area contributed by atoms with Gasteiger partial charge in [0.25, 0.3) is 0 Å². The van der Waals surface area contributed by atoms with Gasteiger partial charge in [0.1, 0.15) is 11.9 Å². The highest BCUT2D eigenvalue weighted by atomic mass is 14.9. The van der Waals surface area contributed by atoms with Gasteiger partial charge in [0.15, 0.2) is 0 Å². The summed E-state index contributed by atoms with van der Waals surface area (Å²) in [6.45, 7) is 4.50. The van der Waals surface area contributed by atoms with Gasteiger partial charge < -0.3 is 10.3 Å². The number of nitrogens with zero attached hydrogens (tertiary/aromatic N) is 3. The van der Waals surface area contributed by atoms with Gasteiger partial charge in [-0.3, -0.25) is 4.98 Å². The monoisotopic (exact) mass is 241 g/mol. The Balaban J connectivity index is 2.07. The van der Waals surface area contributed by atoms with Crippen LogP contribution in [0.2, 0.25) is 0 Å². The summed E-state index contributed by atoms with van der Waals surface area (Å²) >= 11 is 0. The topological polar surface area (TPSA) is 77.4 Å². The number of nitriles is 1. The molecular weight excluding hydrogens is 226 g/mol. The van der Waals surface area contributed by atoms with Crippen molar-refractivity contribution in [2.75, 3.05) is 11.9 Å². The third kappa shape index (κ3) is 2.66. The van der Waals surface area contributed by atoms with Crippen LogP contribution in [0.5, 0.6) is 0 Å². The van der Waals surface area contributed by atoms with Gasteiger partial charge >= 0.3 is 0 Å². The van der Waals surface area contributed by atoms with Crippen molar-refractivity contribution in [3.05, 3.63) is 41.2 Å². The molecule has 92 valence electrons. The molecule has 2 aromatic rings. The molecule has 5 nitrogen and oxygen atoms in total. The van der Waals surface area contributed by atoms with Gasteiger partial charge in [0.05, 0.1) is 16.9 Å². The Morgan fingerprint density at radius 2 is 2.28 bits per heavy atom. The second-order valence-corrected chi connectivity index (χ2v) is 4.10. The van der Waals surface area contributed by atoms with Crippen molar-refractivity contribution < 1.29 is 0 Å². The number of anilines is 1. The molecule has 5 heteroatoms. The number of hydrogen-bond acceptors (Lipinski definition) is 4. The van der Waals surface area contributed by atoms with Crippen LogP contribution in [0.1, 0.15) is 22.8 Å². The number of pyridine rings is 1. The van der Waals surface area contributed by atoms with Gasteiger partial charge in [-0.1, -0.05) is 0 Å². The highest BCUT2D eigenvalue weighted by Crippen LogP contribution is 2.18. The Kier molecular flexibility index (Phi) is 3.58. The number of rotatable bonds is 4. The maximum absolute atomic E-state index is 9.12. The maximum Gasteiger partial charge on any atom is 0.107 e. The number of H-pyrrole nitrogens is 1. The summed E-state index contributed by atoms with van der Waals surface area (Å²) in [5.74, 6) is 0.934. The molecule has 2 aromatic heterocycles. The summed E-state index contributed by atoms with van der Waals surface area (Å²) in [6, 6.07) is 4.08. The second-order valence-electron chi connectivity index (χ2n) is 4.10. The third-order valence-corrected chi connectivity index (χ3v) is 2.67. The first-order valence-corrected chi connectivity index (χ1v) is 5.81. The summed E-state index contributed by atoms with van der Waals surface area (Å²) < 4.78 is 0. The van der Waals surface area contributed by atoms with Gasteiger partial charge in [-0.25, -0.2) is 4.98 Å². The predicted molar refractivity (Wildman–Crippen MR) is 69.2 cm³/mol. The van der Waals surface area contributed by atoms with E-state index in [0.29, 0.717) is 5.56 Å². The zero-order valence-electron chi connectivity index (χ0n) is 10.5. The standard InChI is InChI=1S/C13H15N5/c1-9-7-12(11(8-14)10(2)18-9)15-4-3-13-16-5-6-17-13/h5-7H,3-4H2,1-2H3,(H,15,18)(H,16,17). The van der Waals surface area contributed by atoms with E-state index in [4.69, 9.17) is 5.26 Å². The Bertz CT molecular complexity index is 566. The fraction of sp³-hybridized carbons (Fsp3) is 0.308. The van der Waals surface area contributed by atoms with Crippen molar-refractivity contribution in [1.82, 2.24) is 15.0 Å². The molecule has 0 aliphatic carbocycles. The minimum absolute atomic E-state index is 0.611.